The van der Waals surface area contributed by atoms with E-state index in [2.05, 4.69) is 15.2 Å². The van der Waals surface area contributed by atoms with Crippen molar-refractivity contribution in [2.75, 3.05) is 36.5 Å². The monoisotopic (exact) mass is 375 g/mol. The summed E-state index contributed by atoms with van der Waals surface area (Å²) in [5.74, 6) is 2.01. The van der Waals surface area contributed by atoms with Gasteiger partial charge in [-0.25, -0.2) is 4.98 Å². The van der Waals surface area contributed by atoms with Gasteiger partial charge in [0.15, 0.2) is 5.82 Å². The van der Waals surface area contributed by atoms with Crippen LogP contribution in [-0.2, 0) is 4.74 Å². The van der Waals surface area contributed by atoms with Gasteiger partial charge in [-0.3, -0.25) is 4.79 Å². The van der Waals surface area contributed by atoms with Gasteiger partial charge in [-0.05, 0) is 48.5 Å². The molecule has 1 aliphatic rings. The van der Waals surface area contributed by atoms with E-state index in [0.29, 0.717) is 30.2 Å². The van der Waals surface area contributed by atoms with Crippen LogP contribution in [0.1, 0.15) is 10.4 Å². The molecule has 0 aliphatic carbocycles. The Morgan fingerprint density at radius 3 is 2.39 bits per heavy atom. The largest absolute Gasteiger partial charge is 0.457 e. The van der Waals surface area contributed by atoms with E-state index in [-0.39, 0.29) is 5.91 Å². The summed E-state index contributed by atoms with van der Waals surface area (Å²) in [5.41, 5.74) is 1.25. The molecule has 0 bridgehead atoms. The molecule has 2 aromatic carbocycles. The second-order valence-electron chi connectivity index (χ2n) is 6.37. The number of nitrogens with one attached hydrogen (secondary N) is 1. The Bertz CT molecular complexity index is 923. The smallest absolute Gasteiger partial charge is 0.255 e. The minimum atomic E-state index is -0.186. The highest BCUT2D eigenvalue weighted by Crippen LogP contribution is 2.25. The minimum Gasteiger partial charge on any atom is -0.457 e. The molecule has 1 aromatic heterocycles. The van der Waals surface area contributed by atoms with Gasteiger partial charge in [0.2, 0.25) is 0 Å². The van der Waals surface area contributed by atoms with Gasteiger partial charge >= 0.3 is 0 Å². The third kappa shape index (κ3) is 4.29. The van der Waals surface area contributed by atoms with E-state index in [1.54, 1.807) is 30.5 Å². The molecule has 3 aromatic rings. The van der Waals surface area contributed by atoms with Gasteiger partial charge in [0, 0.05) is 24.8 Å². The number of aromatic nitrogens is 1. The van der Waals surface area contributed by atoms with Crippen LogP contribution in [-0.4, -0.2) is 37.2 Å². The number of hydrogen-bond donors (Lipinski definition) is 1. The predicted octanol–water partition coefficient (Wildman–Crippen LogP) is 3.96. The highest BCUT2D eigenvalue weighted by Gasteiger charge is 2.17. The van der Waals surface area contributed by atoms with Crippen LogP contribution < -0.4 is 15.0 Å². The van der Waals surface area contributed by atoms with Gasteiger partial charge in [-0.1, -0.05) is 18.2 Å². The summed E-state index contributed by atoms with van der Waals surface area (Å²) in [4.78, 5) is 19.3. The summed E-state index contributed by atoms with van der Waals surface area (Å²) in [5, 5.41) is 2.97. The highest BCUT2D eigenvalue weighted by atomic mass is 16.5. The number of amides is 1. The van der Waals surface area contributed by atoms with Crippen LogP contribution in [0.4, 0.5) is 11.5 Å². The minimum absolute atomic E-state index is 0.186. The van der Waals surface area contributed by atoms with E-state index in [1.807, 2.05) is 42.5 Å². The summed E-state index contributed by atoms with van der Waals surface area (Å²) < 4.78 is 11.2. The van der Waals surface area contributed by atoms with E-state index in [9.17, 15) is 4.79 Å². The van der Waals surface area contributed by atoms with Crippen LogP contribution in [0.15, 0.2) is 72.9 Å². The number of anilines is 2. The molecular weight excluding hydrogens is 354 g/mol. The molecule has 6 heteroatoms. The number of carbonyl (C=O) groups excluding carboxylic acids is 1. The van der Waals surface area contributed by atoms with E-state index in [1.165, 1.54) is 0 Å². The number of ether oxygens (including phenoxy) is 2. The zero-order chi connectivity index (χ0) is 19.2. The molecule has 1 fully saturated rings. The Labute approximate surface area is 163 Å². The molecule has 2 heterocycles. The first-order chi connectivity index (χ1) is 13.8. The maximum Gasteiger partial charge on any atom is 0.255 e. The van der Waals surface area contributed by atoms with Gasteiger partial charge in [-0.2, -0.15) is 0 Å². The lowest BCUT2D eigenvalue weighted by Crippen LogP contribution is -2.37. The number of carbonyl (C=O) groups is 1. The summed E-state index contributed by atoms with van der Waals surface area (Å²) in [6, 6.07) is 20.3. The van der Waals surface area contributed by atoms with Crippen molar-refractivity contribution >= 4 is 17.4 Å². The van der Waals surface area contributed by atoms with Crippen LogP contribution >= 0.6 is 0 Å². The topological polar surface area (TPSA) is 63.7 Å². The van der Waals surface area contributed by atoms with E-state index in [0.717, 1.165) is 24.7 Å². The van der Waals surface area contributed by atoms with Gasteiger partial charge in [0.05, 0.1) is 18.9 Å². The first-order valence-electron chi connectivity index (χ1n) is 9.21. The fraction of sp³-hybridized carbons (Fsp3) is 0.182. The van der Waals surface area contributed by atoms with Crippen molar-refractivity contribution in [2.45, 2.75) is 0 Å². The first kappa shape index (κ1) is 18.0. The number of para-hydroxylation sites is 1. The highest BCUT2D eigenvalue weighted by molar-refractivity contribution is 6.05. The van der Waals surface area contributed by atoms with Gasteiger partial charge < -0.3 is 19.7 Å². The third-order valence-electron chi connectivity index (χ3n) is 4.44. The van der Waals surface area contributed by atoms with E-state index < -0.39 is 0 Å². The molecule has 0 saturated carbocycles. The van der Waals surface area contributed by atoms with E-state index in [4.69, 9.17) is 9.47 Å². The molecule has 142 valence electrons. The molecular formula is C22H21N3O3. The lowest BCUT2D eigenvalue weighted by atomic mass is 10.2. The van der Waals surface area contributed by atoms with Crippen LogP contribution in [0.25, 0.3) is 0 Å². The Morgan fingerprint density at radius 2 is 1.64 bits per heavy atom. The lowest BCUT2D eigenvalue weighted by molar-refractivity contribution is 0.102. The van der Waals surface area contributed by atoms with Gasteiger partial charge in [0.1, 0.15) is 11.5 Å². The number of nitrogens with zero attached hydrogens (tertiary/aromatic N) is 2. The number of pyridine rings is 1. The first-order valence-corrected chi connectivity index (χ1v) is 9.21. The molecule has 0 radical (unpaired) electrons. The summed E-state index contributed by atoms with van der Waals surface area (Å²) in [6.07, 6.45) is 1.73. The summed E-state index contributed by atoms with van der Waals surface area (Å²) in [7, 11) is 0. The molecule has 1 N–H and O–H groups in total. The van der Waals surface area contributed by atoms with E-state index >= 15 is 0 Å². The molecule has 0 unspecified atom stereocenters. The molecule has 0 atom stereocenters. The number of morpholine rings is 1. The number of rotatable bonds is 5. The number of benzene rings is 2. The fourth-order valence-corrected chi connectivity index (χ4v) is 3.02. The van der Waals surface area contributed by atoms with Crippen molar-refractivity contribution in [3.8, 4) is 11.5 Å². The molecule has 1 amide bonds. The maximum absolute atomic E-state index is 12.7. The van der Waals surface area contributed by atoms with Crippen molar-refractivity contribution in [1.82, 2.24) is 4.98 Å². The van der Waals surface area contributed by atoms with Crippen LogP contribution in [0.5, 0.6) is 11.5 Å². The summed E-state index contributed by atoms with van der Waals surface area (Å²) in [6.45, 7) is 2.83. The second kappa shape index (κ2) is 8.54. The standard InChI is InChI=1S/C22H21N3O3/c26-22(17-8-10-19(11-9-17)28-18-5-2-1-3-6-18)24-20-7-4-12-23-21(20)25-13-15-27-16-14-25/h1-12H,13-16H2,(H,24,26). The molecule has 0 spiro atoms. The van der Waals surface area contributed by atoms with Crippen molar-refractivity contribution in [3.63, 3.8) is 0 Å². The van der Waals surface area contributed by atoms with Crippen LogP contribution in [0.3, 0.4) is 0 Å². The molecule has 4 rings (SSSR count). The summed E-state index contributed by atoms with van der Waals surface area (Å²) >= 11 is 0. The second-order valence-corrected chi connectivity index (χ2v) is 6.37. The molecule has 6 nitrogen and oxygen atoms in total. The quantitative estimate of drug-likeness (QED) is 0.731. The molecule has 28 heavy (non-hydrogen) atoms. The van der Waals surface area contributed by atoms with Crippen molar-refractivity contribution in [3.05, 3.63) is 78.5 Å². The Balaban J connectivity index is 1.45. The third-order valence-corrected chi connectivity index (χ3v) is 4.44. The van der Waals surface area contributed by atoms with Crippen LogP contribution in [0, 0.1) is 0 Å². The predicted molar refractivity (Wildman–Crippen MR) is 108 cm³/mol. The van der Waals surface area contributed by atoms with Gasteiger partial charge in [-0.15, -0.1) is 0 Å². The Hall–Kier alpha value is -3.38. The Morgan fingerprint density at radius 1 is 0.929 bits per heavy atom. The van der Waals surface area contributed by atoms with Crippen molar-refractivity contribution in [2.24, 2.45) is 0 Å². The zero-order valence-electron chi connectivity index (χ0n) is 15.4. The van der Waals surface area contributed by atoms with Crippen molar-refractivity contribution in [1.29, 1.82) is 0 Å². The zero-order valence-corrected chi connectivity index (χ0v) is 15.4. The Kier molecular flexibility index (Phi) is 5.49. The van der Waals surface area contributed by atoms with Crippen molar-refractivity contribution < 1.29 is 14.3 Å². The van der Waals surface area contributed by atoms with Gasteiger partial charge in [0.25, 0.3) is 5.91 Å². The number of hydrogen-bond acceptors (Lipinski definition) is 5. The maximum atomic E-state index is 12.7. The SMILES string of the molecule is O=C(Nc1cccnc1N1CCOCC1)c1ccc(Oc2ccccc2)cc1. The fourth-order valence-electron chi connectivity index (χ4n) is 3.02. The average Bonchev–Trinajstić information content (AvgIpc) is 2.76. The van der Waals surface area contributed by atoms with Crippen LogP contribution in [0.2, 0.25) is 0 Å². The molecule has 1 aliphatic heterocycles. The average molecular weight is 375 g/mol. The normalized spacial score (nSPS) is 13.8. The molecule has 1 saturated heterocycles. The lowest BCUT2D eigenvalue weighted by Gasteiger charge is -2.29.